The minimum absolute atomic E-state index is 0.148. The molecule has 0 aromatic carbocycles. The van der Waals surface area contributed by atoms with Gasteiger partial charge in [-0.2, -0.15) is 0 Å². The number of rotatable bonds is 14. The molecule has 0 heterocycles. The van der Waals surface area contributed by atoms with E-state index in [0.29, 0.717) is 29.5 Å². The van der Waals surface area contributed by atoms with E-state index in [1.54, 1.807) is 6.08 Å². The fraction of sp³-hybridized carbons (Fsp3) is 0.514. The lowest BCUT2D eigenvalue weighted by Crippen LogP contribution is -2.21. The predicted molar refractivity (Wildman–Crippen MR) is 166 cm³/mol. The van der Waals surface area contributed by atoms with Crippen molar-refractivity contribution in [3.05, 3.63) is 97.2 Å². The van der Waals surface area contributed by atoms with Gasteiger partial charge in [0.25, 0.3) is 0 Å². The van der Waals surface area contributed by atoms with Crippen molar-refractivity contribution in [2.45, 2.75) is 84.5 Å². The van der Waals surface area contributed by atoms with Crippen LogP contribution in [0.2, 0.25) is 0 Å². The number of carbonyl (C=O) groups excluding carboxylic acids is 2. The molecule has 39 heavy (non-hydrogen) atoms. The topological polar surface area (TPSA) is 34.1 Å². The van der Waals surface area contributed by atoms with Crippen LogP contribution >= 0.6 is 0 Å². The van der Waals surface area contributed by atoms with E-state index in [1.807, 2.05) is 30.4 Å². The highest BCUT2D eigenvalue weighted by Crippen LogP contribution is 2.58. The van der Waals surface area contributed by atoms with E-state index in [9.17, 15) is 9.59 Å². The molecular formula is C37H50O2. The lowest BCUT2D eigenvalue weighted by atomic mass is 9.79. The maximum Gasteiger partial charge on any atom is 0.182 e. The molecule has 2 saturated carbocycles. The second-order valence-electron chi connectivity index (χ2n) is 11.5. The van der Waals surface area contributed by atoms with Crippen LogP contribution in [0.25, 0.3) is 0 Å². The third-order valence-electron chi connectivity index (χ3n) is 8.75. The fourth-order valence-electron chi connectivity index (χ4n) is 6.77. The quantitative estimate of drug-likeness (QED) is 0.128. The molecule has 0 aromatic heterocycles. The van der Waals surface area contributed by atoms with Crippen LogP contribution in [0.3, 0.4) is 0 Å². The molecule has 0 spiro atoms. The second-order valence-corrected chi connectivity index (χ2v) is 11.5. The van der Waals surface area contributed by atoms with E-state index in [2.05, 4.69) is 63.5 Å². The summed E-state index contributed by atoms with van der Waals surface area (Å²) >= 11 is 0. The van der Waals surface area contributed by atoms with Gasteiger partial charge in [-0.3, -0.25) is 9.59 Å². The first-order valence-electron chi connectivity index (χ1n) is 15.5. The summed E-state index contributed by atoms with van der Waals surface area (Å²) in [7, 11) is 0. The van der Waals surface area contributed by atoms with Crippen LogP contribution in [-0.4, -0.2) is 11.6 Å². The summed E-state index contributed by atoms with van der Waals surface area (Å²) in [6, 6.07) is 0. The van der Waals surface area contributed by atoms with Crippen LogP contribution in [0.5, 0.6) is 0 Å². The van der Waals surface area contributed by atoms with Gasteiger partial charge < -0.3 is 0 Å². The lowest BCUT2D eigenvalue weighted by molar-refractivity contribution is -0.119. The Morgan fingerprint density at radius 1 is 0.795 bits per heavy atom. The van der Waals surface area contributed by atoms with Crippen LogP contribution in [0.15, 0.2) is 97.2 Å². The van der Waals surface area contributed by atoms with E-state index < -0.39 is 0 Å². The van der Waals surface area contributed by atoms with Gasteiger partial charge in [0.1, 0.15) is 0 Å². The molecule has 0 aromatic rings. The number of carbonyl (C=O) groups is 2. The monoisotopic (exact) mass is 526 g/mol. The molecule has 0 amide bonds. The van der Waals surface area contributed by atoms with Crippen molar-refractivity contribution in [3.63, 3.8) is 0 Å². The van der Waals surface area contributed by atoms with Crippen molar-refractivity contribution in [3.8, 4) is 0 Å². The zero-order chi connectivity index (χ0) is 28.0. The first-order chi connectivity index (χ1) is 19.1. The van der Waals surface area contributed by atoms with Gasteiger partial charge in [-0.1, -0.05) is 106 Å². The molecule has 4 rings (SSSR count). The van der Waals surface area contributed by atoms with Gasteiger partial charge in [0, 0.05) is 17.4 Å². The number of ketones is 2. The summed E-state index contributed by atoms with van der Waals surface area (Å²) in [6.07, 6.45) is 37.5. The summed E-state index contributed by atoms with van der Waals surface area (Å²) in [5.41, 5.74) is 1.97. The Kier molecular flexibility index (Phi) is 12.9. The zero-order valence-corrected chi connectivity index (χ0v) is 24.4. The van der Waals surface area contributed by atoms with Crippen molar-refractivity contribution < 1.29 is 9.59 Å². The molecule has 2 bridgehead atoms. The molecule has 0 aliphatic heterocycles. The predicted octanol–water partition coefficient (Wildman–Crippen LogP) is 9.64. The molecule has 0 radical (unpaired) electrons. The van der Waals surface area contributed by atoms with E-state index in [1.165, 1.54) is 44.9 Å². The van der Waals surface area contributed by atoms with Gasteiger partial charge >= 0.3 is 0 Å². The summed E-state index contributed by atoms with van der Waals surface area (Å²) in [5, 5.41) is 0. The van der Waals surface area contributed by atoms with Crippen LogP contribution < -0.4 is 0 Å². The third-order valence-corrected chi connectivity index (χ3v) is 8.75. The SMILES string of the molecule is C=CC[C@@H]1/C(=C\C=C\CCCCC)C(=O)[C@@H]2[C@H]1[C@@H]1C=C[C@H]2C1.C=CC[C@H]1C=CC(=O)/C1=C/C=C/CCCCC. The van der Waals surface area contributed by atoms with Gasteiger partial charge in [-0.05, 0) is 80.3 Å². The lowest BCUT2D eigenvalue weighted by Gasteiger charge is -2.23. The number of fused-ring (bicyclic) bond motifs is 5. The second kappa shape index (κ2) is 16.4. The van der Waals surface area contributed by atoms with E-state index in [-0.39, 0.29) is 17.6 Å². The van der Waals surface area contributed by atoms with E-state index >= 15 is 0 Å². The Hall–Kier alpha value is -2.74. The molecule has 4 aliphatic rings. The van der Waals surface area contributed by atoms with Gasteiger partial charge in [0.05, 0.1) is 0 Å². The van der Waals surface area contributed by atoms with Gasteiger partial charge in [-0.15, -0.1) is 13.2 Å². The van der Waals surface area contributed by atoms with Crippen LogP contribution in [-0.2, 0) is 9.59 Å². The Morgan fingerprint density at radius 2 is 1.41 bits per heavy atom. The summed E-state index contributed by atoms with van der Waals surface area (Å²) in [6.45, 7) is 12.1. The molecule has 0 unspecified atom stereocenters. The van der Waals surface area contributed by atoms with E-state index in [4.69, 9.17) is 0 Å². The number of allylic oxidation sites excluding steroid dienone is 14. The largest absolute Gasteiger partial charge is 0.294 e. The number of hydrogen-bond acceptors (Lipinski definition) is 2. The maximum absolute atomic E-state index is 12.9. The Bertz CT molecular complexity index is 1030. The van der Waals surface area contributed by atoms with Gasteiger partial charge in [0.15, 0.2) is 11.6 Å². The summed E-state index contributed by atoms with van der Waals surface area (Å²) < 4.78 is 0. The number of unbranched alkanes of at least 4 members (excludes halogenated alkanes) is 6. The molecule has 2 fully saturated rings. The van der Waals surface area contributed by atoms with Crippen molar-refractivity contribution >= 4 is 11.6 Å². The third kappa shape index (κ3) is 8.13. The Labute approximate surface area is 238 Å². The highest BCUT2D eigenvalue weighted by atomic mass is 16.1. The number of Topliss-reactive ketones (excluding diaryl/α,β-unsaturated/α-hetero) is 1. The van der Waals surface area contributed by atoms with Crippen LogP contribution in [0.4, 0.5) is 0 Å². The fourth-order valence-corrected chi connectivity index (χ4v) is 6.77. The minimum atomic E-state index is 0.148. The zero-order valence-electron chi connectivity index (χ0n) is 24.4. The first-order valence-corrected chi connectivity index (χ1v) is 15.5. The molecule has 210 valence electrons. The van der Waals surface area contributed by atoms with Crippen molar-refractivity contribution in [2.75, 3.05) is 0 Å². The highest BCUT2D eigenvalue weighted by Gasteiger charge is 2.56. The first kappa shape index (κ1) is 30.8. The van der Waals surface area contributed by atoms with Crippen molar-refractivity contribution in [1.82, 2.24) is 0 Å². The molecular weight excluding hydrogens is 476 g/mol. The molecule has 2 heteroatoms. The van der Waals surface area contributed by atoms with Crippen LogP contribution in [0, 0.1) is 35.5 Å². The average molecular weight is 527 g/mol. The molecule has 4 aliphatic carbocycles. The smallest absolute Gasteiger partial charge is 0.182 e. The van der Waals surface area contributed by atoms with Crippen molar-refractivity contribution in [1.29, 1.82) is 0 Å². The normalized spacial score (nSPS) is 30.7. The molecule has 0 saturated heterocycles. The maximum atomic E-state index is 12.9. The number of hydrogen-bond donors (Lipinski definition) is 0. The molecule has 0 N–H and O–H groups in total. The minimum Gasteiger partial charge on any atom is -0.294 e. The summed E-state index contributed by atoms with van der Waals surface area (Å²) in [4.78, 5) is 24.5. The Balaban J connectivity index is 0.000000224. The van der Waals surface area contributed by atoms with E-state index in [0.717, 1.165) is 36.8 Å². The highest BCUT2D eigenvalue weighted by molar-refractivity contribution is 6.07. The molecule has 6 atom stereocenters. The molecule has 2 nitrogen and oxygen atoms in total. The van der Waals surface area contributed by atoms with Crippen LogP contribution in [0.1, 0.15) is 84.5 Å². The van der Waals surface area contributed by atoms with Gasteiger partial charge in [0.2, 0.25) is 0 Å². The Morgan fingerprint density at radius 3 is 2.03 bits per heavy atom. The standard InChI is InChI=1S/C21H28O.C16H22O/c1-3-5-6-7-8-9-11-18-17(10-4-2)19-15-12-13-16(14-15)20(19)21(18)22;1-3-5-6-7-8-9-11-15-14(10-4-2)12-13-16(15)17/h4,8-9,11-13,15-17,19-20H,2-3,5-7,10,14H2,1H3;4,8-9,11-14H,2-3,5-7,10H2,1H3/b9-8+,18-11+;9-8+,15-11+/t15-,16+,17-,19+,20+;14-/m10/s1. The van der Waals surface area contributed by atoms with Crippen molar-refractivity contribution in [2.24, 2.45) is 35.5 Å². The average Bonchev–Trinajstić information content (AvgIpc) is 3.70. The van der Waals surface area contributed by atoms with Gasteiger partial charge in [-0.25, -0.2) is 0 Å². The summed E-state index contributed by atoms with van der Waals surface area (Å²) in [5.74, 6) is 3.15.